The van der Waals surface area contributed by atoms with Gasteiger partial charge in [-0.1, -0.05) is 40.2 Å². The minimum absolute atomic E-state index is 0.185. The van der Waals surface area contributed by atoms with Gasteiger partial charge in [0, 0.05) is 4.47 Å². The standard InChI is InChI=1S/C19H20BrNO4/c1-3-24-17-7-5-4-6-16(17)19(23)25-12-18(22)21-13(2)14-8-10-15(20)11-9-14/h4-11,13H,3,12H2,1-2H3,(H,21,22)/t13-/m0/s1. The second-order valence-electron chi connectivity index (χ2n) is 5.35. The Balaban J connectivity index is 1.89. The molecule has 0 unspecified atom stereocenters. The maximum Gasteiger partial charge on any atom is 0.342 e. The summed E-state index contributed by atoms with van der Waals surface area (Å²) in [5.41, 5.74) is 1.27. The van der Waals surface area contributed by atoms with Crippen molar-refractivity contribution in [2.45, 2.75) is 19.9 Å². The van der Waals surface area contributed by atoms with Crippen molar-refractivity contribution in [2.24, 2.45) is 0 Å². The first-order chi connectivity index (χ1) is 12.0. The number of esters is 1. The smallest absolute Gasteiger partial charge is 0.342 e. The third-order valence-electron chi connectivity index (χ3n) is 3.49. The molecule has 6 heteroatoms. The van der Waals surface area contributed by atoms with E-state index in [1.54, 1.807) is 24.3 Å². The molecule has 2 aromatic carbocycles. The van der Waals surface area contributed by atoms with E-state index in [2.05, 4.69) is 21.2 Å². The molecular formula is C19H20BrNO4. The molecule has 0 fully saturated rings. The van der Waals surface area contributed by atoms with Crippen LogP contribution in [-0.2, 0) is 9.53 Å². The van der Waals surface area contributed by atoms with Crippen molar-refractivity contribution >= 4 is 27.8 Å². The average molecular weight is 406 g/mol. The highest BCUT2D eigenvalue weighted by atomic mass is 79.9. The summed E-state index contributed by atoms with van der Waals surface area (Å²) >= 11 is 3.37. The average Bonchev–Trinajstić information content (AvgIpc) is 2.61. The fraction of sp³-hybridized carbons (Fsp3) is 0.263. The number of carbonyl (C=O) groups is 2. The first kappa shape index (κ1) is 19.0. The third kappa shape index (κ3) is 5.60. The van der Waals surface area contributed by atoms with Crippen LogP contribution in [0.2, 0.25) is 0 Å². The minimum Gasteiger partial charge on any atom is -0.493 e. The summed E-state index contributed by atoms with van der Waals surface area (Å²) in [6, 6.07) is 14.2. The van der Waals surface area contributed by atoms with Gasteiger partial charge in [-0.2, -0.15) is 0 Å². The lowest BCUT2D eigenvalue weighted by atomic mass is 10.1. The molecule has 0 aliphatic heterocycles. The Morgan fingerprint density at radius 1 is 1.12 bits per heavy atom. The molecule has 5 nitrogen and oxygen atoms in total. The van der Waals surface area contributed by atoms with Gasteiger partial charge in [-0.15, -0.1) is 0 Å². The van der Waals surface area contributed by atoms with Crippen LogP contribution in [-0.4, -0.2) is 25.1 Å². The Labute approximate surface area is 155 Å². The number of benzene rings is 2. The zero-order valence-corrected chi connectivity index (χ0v) is 15.7. The zero-order valence-electron chi connectivity index (χ0n) is 14.1. The maximum absolute atomic E-state index is 12.2. The van der Waals surface area contributed by atoms with Crippen LogP contribution >= 0.6 is 15.9 Å². The number of para-hydroxylation sites is 1. The molecule has 0 spiro atoms. The number of hydrogen-bond donors (Lipinski definition) is 1. The van der Waals surface area contributed by atoms with Crippen LogP contribution in [0.25, 0.3) is 0 Å². The van der Waals surface area contributed by atoms with Gasteiger partial charge in [-0.05, 0) is 43.7 Å². The van der Waals surface area contributed by atoms with Crippen molar-refractivity contribution in [1.29, 1.82) is 0 Å². The SMILES string of the molecule is CCOc1ccccc1C(=O)OCC(=O)N[C@@H](C)c1ccc(Br)cc1. The molecule has 1 amide bonds. The Kier molecular flexibility index (Phi) is 7.01. The monoisotopic (exact) mass is 405 g/mol. The molecule has 0 saturated carbocycles. The number of hydrogen-bond acceptors (Lipinski definition) is 4. The molecule has 0 aliphatic rings. The van der Waals surface area contributed by atoms with Crippen LogP contribution in [0.3, 0.4) is 0 Å². The zero-order chi connectivity index (χ0) is 18.2. The maximum atomic E-state index is 12.2. The molecular weight excluding hydrogens is 386 g/mol. The van der Waals surface area contributed by atoms with E-state index in [9.17, 15) is 9.59 Å². The van der Waals surface area contributed by atoms with Crippen LogP contribution in [0, 0.1) is 0 Å². The first-order valence-electron chi connectivity index (χ1n) is 7.95. The van der Waals surface area contributed by atoms with E-state index in [1.807, 2.05) is 38.1 Å². The highest BCUT2D eigenvalue weighted by Gasteiger charge is 2.16. The van der Waals surface area contributed by atoms with Crippen molar-refractivity contribution in [2.75, 3.05) is 13.2 Å². The van der Waals surface area contributed by atoms with E-state index < -0.39 is 5.97 Å². The molecule has 0 aliphatic carbocycles. The van der Waals surface area contributed by atoms with E-state index in [4.69, 9.17) is 9.47 Å². The number of rotatable bonds is 7. The summed E-state index contributed by atoms with van der Waals surface area (Å²) in [6.45, 7) is 3.79. The Bertz CT molecular complexity index is 730. The van der Waals surface area contributed by atoms with Crippen molar-refractivity contribution < 1.29 is 19.1 Å². The predicted molar refractivity (Wildman–Crippen MR) is 98.6 cm³/mol. The Morgan fingerprint density at radius 2 is 1.80 bits per heavy atom. The van der Waals surface area contributed by atoms with E-state index in [1.165, 1.54) is 0 Å². The summed E-state index contributed by atoms with van der Waals surface area (Å²) in [5, 5.41) is 2.80. The van der Waals surface area contributed by atoms with Gasteiger partial charge in [0.15, 0.2) is 6.61 Å². The number of nitrogens with one attached hydrogen (secondary N) is 1. The lowest BCUT2D eigenvalue weighted by Gasteiger charge is -2.15. The summed E-state index contributed by atoms with van der Waals surface area (Å²) in [6.07, 6.45) is 0. The van der Waals surface area contributed by atoms with Gasteiger partial charge in [0.2, 0.25) is 0 Å². The van der Waals surface area contributed by atoms with Crippen LogP contribution in [0.1, 0.15) is 35.8 Å². The summed E-state index contributed by atoms with van der Waals surface area (Å²) in [5.74, 6) is -0.508. The Morgan fingerprint density at radius 3 is 2.48 bits per heavy atom. The number of halogens is 1. The molecule has 2 rings (SSSR count). The lowest BCUT2D eigenvalue weighted by molar-refractivity contribution is -0.124. The predicted octanol–water partition coefficient (Wildman–Crippen LogP) is 3.88. The summed E-state index contributed by atoms with van der Waals surface area (Å²) in [4.78, 5) is 24.2. The van der Waals surface area contributed by atoms with Crippen LogP contribution in [0.5, 0.6) is 5.75 Å². The first-order valence-corrected chi connectivity index (χ1v) is 8.74. The van der Waals surface area contributed by atoms with Gasteiger partial charge < -0.3 is 14.8 Å². The van der Waals surface area contributed by atoms with Crippen molar-refractivity contribution in [3.63, 3.8) is 0 Å². The molecule has 1 N–H and O–H groups in total. The van der Waals surface area contributed by atoms with Crippen molar-refractivity contribution in [3.05, 3.63) is 64.1 Å². The van der Waals surface area contributed by atoms with Crippen molar-refractivity contribution in [3.8, 4) is 5.75 Å². The molecule has 25 heavy (non-hydrogen) atoms. The summed E-state index contributed by atoms with van der Waals surface area (Å²) in [7, 11) is 0. The van der Waals surface area contributed by atoms with Gasteiger partial charge in [0.25, 0.3) is 5.91 Å². The summed E-state index contributed by atoms with van der Waals surface area (Å²) < 4.78 is 11.5. The van der Waals surface area contributed by atoms with E-state index in [-0.39, 0.29) is 18.6 Å². The topological polar surface area (TPSA) is 64.6 Å². The number of amides is 1. The van der Waals surface area contributed by atoms with Crippen LogP contribution in [0.4, 0.5) is 0 Å². The molecule has 2 aromatic rings. The van der Waals surface area contributed by atoms with E-state index in [0.717, 1.165) is 10.0 Å². The highest BCUT2D eigenvalue weighted by Crippen LogP contribution is 2.19. The molecule has 132 valence electrons. The van der Waals surface area contributed by atoms with E-state index >= 15 is 0 Å². The second kappa shape index (κ2) is 9.22. The fourth-order valence-electron chi connectivity index (χ4n) is 2.24. The molecule has 0 aromatic heterocycles. The molecule has 0 bridgehead atoms. The van der Waals surface area contributed by atoms with Gasteiger partial charge in [-0.3, -0.25) is 4.79 Å². The Hall–Kier alpha value is -2.34. The lowest BCUT2D eigenvalue weighted by Crippen LogP contribution is -2.31. The van der Waals surface area contributed by atoms with E-state index in [0.29, 0.717) is 17.9 Å². The minimum atomic E-state index is -0.588. The molecule has 1 atom stereocenters. The van der Waals surface area contributed by atoms with Gasteiger partial charge in [0.05, 0.1) is 12.6 Å². The van der Waals surface area contributed by atoms with Crippen LogP contribution < -0.4 is 10.1 Å². The van der Waals surface area contributed by atoms with Gasteiger partial charge in [0.1, 0.15) is 11.3 Å². The van der Waals surface area contributed by atoms with Crippen molar-refractivity contribution in [1.82, 2.24) is 5.32 Å². The molecule has 0 radical (unpaired) electrons. The second-order valence-corrected chi connectivity index (χ2v) is 6.26. The van der Waals surface area contributed by atoms with Gasteiger partial charge in [-0.25, -0.2) is 4.79 Å². The molecule has 0 saturated heterocycles. The number of ether oxygens (including phenoxy) is 2. The number of carbonyl (C=O) groups excluding carboxylic acids is 2. The quantitative estimate of drug-likeness (QED) is 0.709. The highest BCUT2D eigenvalue weighted by molar-refractivity contribution is 9.10. The van der Waals surface area contributed by atoms with Crippen LogP contribution in [0.15, 0.2) is 53.0 Å². The fourth-order valence-corrected chi connectivity index (χ4v) is 2.51. The molecule has 0 heterocycles. The van der Waals surface area contributed by atoms with Gasteiger partial charge >= 0.3 is 5.97 Å². The normalized spacial score (nSPS) is 11.5. The largest absolute Gasteiger partial charge is 0.493 e. The third-order valence-corrected chi connectivity index (χ3v) is 4.02.